The smallest absolute Gasteiger partial charge is 0.490 e. The molecule has 1 unspecified atom stereocenters. The molecule has 0 saturated heterocycles. The van der Waals surface area contributed by atoms with Crippen molar-refractivity contribution in [2.24, 2.45) is 5.73 Å². The number of carboxylic acids is 2. The van der Waals surface area contributed by atoms with Gasteiger partial charge in [-0.2, -0.15) is 17.9 Å². The van der Waals surface area contributed by atoms with E-state index in [1.165, 1.54) is 37.4 Å². The first-order chi connectivity index (χ1) is 19.7. The Morgan fingerprint density at radius 3 is 2.24 bits per heavy atom. The zero-order chi connectivity index (χ0) is 31.2. The molecule has 42 heavy (non-hydrogen) atoms. The predicted octanol–water partition coefficient (Wildman–Crippen LogP) is 3.53. The summed E-state index contributed by atoms with van der Waals surface area (Å²) in [6, 6.07) is 15.8. The Labute approximate surface area is 233 Å². The predicted molar refractivity (Wildman–Crippen MR) is 141 cm³/mol. The number of aliphatic carboxylic acids is 1. The number of carbonyl (C=O) groups is 2. The van der Waals surface area contributed by atoms with Crippen LogP contribution in [0.15, 0.2) is 71.5 Å². The molecule has 0 bridgehead atoms. The van der Waals surface area contributed by atoms with Gasteiger partial charge >= 0.3 is 23.8 Å². The molecule has 1 atom stereocenters. The number of halogens is 4. The van der Waals surface area contributed by atoms with Crippen LogP contribution >= 0.6 is 0 Å². The highest BCUT2D eigenvalue weighted by atomic mass is 19.4. The molecule has 3 aromatic carbocycles. The first-order valence-corrected chi connectivity index (χ1v) is 11.6. The highest BCUT2D eigenvalue weighted by Gasteiger charge is 2.38. The average Bonchev–Trinajstić information content (AvgIpc) is 3.32. The molecule has 4 aromatic rings. The molecule has 0 saturated carbocycles. The van der Waals surface area contributed by atoms with Crippen LogP contribution in [0.25, 0.3) is 5.69 Å². The number of rotatable bonds is 8. The lowest BCUT2D eigenvalue weighted by atomic mass is 10.0. The summed E-state index contributed by atoms with van der Waals surface area (Å²) in [5, 5.41) is 31.6. The molecule has 16 heteroatoms. The van der Waals surface area contributed by atoms with Crippen molar-refractivity contribution >= 4 is 23.5 Å². The number of aromatic nitrogens is 3. The van der Waals surface area contributed by atoms with Gasteiger partial charge in [-0.3, -0.25) is 10.4 Å². The number of alkyl halides is 3. The lowest BCUT2D eigenvalue weighted by Crippen LogP contribution is -2.21. The van der Waals surface area contributed by atoms with Crippen molar-refractivity contribution in [1.29, 1.82) is 5.41 Å². The summed E-state index contributed by atoms with van der Waals surface area (Å²) in [5.74, 6) is -4.33. The molecule has 0 aliphatic carbocycles. The number of aromatic amines is 1. The van der Waals surface area contributed by atoms with E-state index < -0.39 is 35.7 Å². The monoisotopic (exact) mass is 590 g/mol. The van der Waals surface area contributed by atoms with Gasteiger partial charge in [0.15, 0.2) is 5.82 Å². The molecule has 12 nitrogen and oxygen atoms in total. The Kier molecular flexibility index (Phi) is 9.31. The van der Waals surface area contributed by atoms with Gasteiger partial charge in [0.1, 0.15) is 23.4 Å². The molecule has 4 rings (SSSR count). The summed E-state index contributed by atoms with van der Waals surface area (Å²) in [6.45, 7) is 0. The van der Waals surface area contributed by atoms with E-state index in [9.17, 15) is 27.9 Å². The molecule has 1 aromatic heterocycles. The average molecular weight is 590 g/mol. The van der Waals surface area contributed by atoms with Crippen molar-refractivity contribution in [3.63, 3.8) is 0 Å². The number of nitrogens with two attached hydrogens (primary N) is 1. The van der Waals surface area contributed by atoms with Gasteiger partial charge in [0.05, 0.1) is 18.4 Å². The van der Waals surface area contributed by atoms with E-state index in [0.717, 1.165) is 4.68 Å². The van der Waals surface area contributed by atoms with Crippen LogP contribution in [0.1, 0.15) is 33.4 Å². The second-order valence-corrected chi connectivity index (χ2v) is 8.31. The van der Waals surface area contributed by atoms with E-state index in [-0.39, 0.29) is 28.5 Å². The summed E-state index contributed by atoms with van der Waals surface area (Å²) in [5.41, 5.74) is 5.97. The number of anilines is 1. The van der Waals surface area contributed by atoms with Gasteiger partial charge in [-0.15, -0.1) is 5.10 Å². The third kappa shape index (κ3) is 7.29. The van der Waals surface area contributed by atoms with Gasteiger partial charge in [0, 0.05) is 22.9 Å². The summed E-state index contributed by atoms with van der Waals surface area (Å²) < 4.78 is 52.8. The molecule has 1 heterocycles. The molecule has 0 aliphatic heterocycles. The molecule has 0 fully saturated rings. The van der Waals surface area contributed by atoms with Gasteiger partial charge in [-0.05, 0) is 48.5 Å². The highest BCUT2D eigenvalue weighted by Crippen LogP contribution is 2.29. The van der Waals surface area contributed by atoms with Crippen molar-refractivity contribution in [1.82, 2.24) is 14.8 Å². The molecular weight excluding hydrogens is 568 g/mol. The standard InChI is InChI=1S/C24H21FN6O4.C2HF3O2/c1-35-15-10-11-16(18(25)12-15)20(28-14-8-6-13(7-9-14)21(26)27)22-29-24(34)31(30-22)19-5-3-2-4-17(19)23(32)33;3-2(4,5)1(6)7/h2-12,20,28H,1H3,(H3,26,27)(H,32,33)(H,29,30,34);(H,6,7). The number of para-hydroxylation sites is 1. The first-order valence-electron chi connectivity index (χ1n) is 11.6. The highest BCUT2D eigenvalue weighted by molar-refractivity contribution is 5.95. The van der Waals surface area contributed by atoms with Crippen LogP contribution in [0.5, 0.6) is 5.75 Å². The molecular formula is C26H22F4N6O6. The van der Waals surface area contributed by atoms with Gasteiger partial charge < -0.3 is 26.0 Å². The Bertz CT molecular complexity index is 1670. The van der Waals surface area contributed by atoms with Crippen LogP contribution in [0.4, 0.5) is 23.2 Å². The van der Waals surface area contributed by atoms with Crippen LogP contribution in [-0.2, 0) is 4.79 Å². The number of methoxy groups -OCH3 is 1. The third-order valence-corrected chi connectivity index (χ3v) is 5.54. The van der Waals surface area contributed by atoms with Crippen molar-refractivity contribution in [2.45, 2.75) is 12.2 Å². The number of aromatic carboxylic acids is 1. The Morgan fingerprint density at radius 1 is 1.10 bits per heavy atom. The summed E-state index contributed by atoms with van der Waals surface area (Å²) in [4.78, 5) is 35.9. The van der Waals surface area contributed by atoms with Crippen LogP contribution in [0.2, 0.25) is 0 Å². The van der Waals surface area contributed by atoms with Crippen molar-refractivity contribution in [3.8, 4) is 11.4 Å². The maximum atomic E-state index is 15.1. The Hall–Kier alpha value is -5.67. The number of ether oxygens (including phenoxy) is 1. The molecule has 0 aliphatic rings. The van der Waals surface area contributed by atoms with Crippen LogP contribution in [-0.4, -0.2) is 56.0 Å². The van der Waals surface area contributed by atoms with E-state index in [2.05, 4.69) is 15.4 Å². The number of amidine groups is 1. The minimum absolute atomic E-state index is 0.0508. The number of carboxylic acid groups (broad SMARTS) is 2. The van der Waals surface area contributed by atoms with Crippen LogP contribution < -0.4 is 21.5 Å². The second kappa shape index (κ2) is 12.7. The number of nitrogen functional groups attached to an aromatic ring is 1. The fourth-order valence-corrected chi connectivity index (χ4v) is 3.55. The van der Waals surface area contributed by atoms with Crippen molar-refractivity contribution in [3.05, 3.63) is 106 Å². The zero-order valence-electron chi connectivity index (χ0n) is 21.4. The summed E-state index contributed by atoms with van der Waals surface area (Å²) >= 11 is 0. The van der Waals surface area contributed by atoms with E-state index in [4.69, 9.17) is 25.8 Å². The lowest BCUT2D eigenvalue weighted by Gasteiger charge is -2.19. The van der Waals surface area contributed by atoms with Gasteiger partial charge in [-0.25, -0.2) is 18.8 Å². The maximum Gasteiger partial charge on any atom is 0.490 e. The van der Waals surface area contributed by atoms with Gasteiger partial charge in [0.2, 0.25) is 0 Å². The van der Waals surface area contributed by atoms with Gasteiger partial charge in [-0.1, -0.05) is 12.1 Å². The minimum atomic E-state index is -5.08. The molecule has 0 spiro atoms. The van der Waals surface area contributed by atoms with Crippen molar-refractivity contribution in [2.75, 3.05) is 12.4 Å². The van der Waals surface area contributed by atoms with E-state index >= 15 is 4.39 Å². The molecule has 0 amide bonds. The van der Waals surface area contributed by atoms with E-state index in [0.29, 0.717) is 17.0 Å². The lowest BCUT2D eigenvalue weighted by molar-refractivity contribution is -0.192. The second-order valence-electron chi connectivity index (χ2n) is 8.31. The topological polar surface area (TPSA) is 196 Å². The number of H-pyrrole nitrogens is 1. The molecule has 0 radical (unpaired) electrons. The fraction of sp³-hybridized carbons (Fsp3) is 0.115. The number of benzene rings is 3. The number of nitrogens with zero attached hydrogens (tertiary/aromatic N) is 2. The Morgan fingerprint density at radius 2 is 1.71 bits per heavy atom. The first kappa shape index (κ1) is 30.9. The SMILES string of the molecule is COc1ccc(C(Nc2ccc(C(=N)N)cc2)c2nn(-c3ccccc3C(=O)O)c(=O)[nH]2)c(F)c1.O=C(O)C(F)(F)F. The van der Waals surface area contributed by atoms with Crippen LogP contribution in [0, 0.1) is 11.2 Å². The van der Waals surface area contributed by atoms with Crippen molar-refractivity contribution < 1.29 is 42.1 Å². The van der Waals surface area contributed by atoms with Crippen LogP contribution in [0.3, 0.4) is 0 Å². The van der Waals surface area contributed by atoms with E-state index in [1.807, 2.05) is 0 Å². The normalized spacial score (nSPS) is 11.5. The fourth-order valence-electron chi connectivity index (χ4n) is 3.55. The summed E-state index contributed by atoms with van der Waals surface area (Å²) in [6.07, 6.45) is -5.08. The Balaban J connectivity index is 0.000000616. The largest absolute Gasteiger partial charge is 0.497 e. The maximum absolute atomic E-state index is 15.1. The quantitative estimate of drug-likeness (QED) is 0.101. The van der Waals surface area contributed by atoms with Gasteiger partial charge in [0.25, 0.3) is 0 Å². The number of nitrogens with one attached hydrogen (secondary N) is 3. The minimum Gasteiger partial charge on any atom is -0.497 e. The number of hydrogen-bond acceptors (Lipinski definition) is 7. The zero-order valence-corrected chi connectivity index (χ0v) is 21.4. The molecule has 7 N–H and O–H groups in total. The van der Waals surface area contributed by atoms with E-state index in [1.54, 1.807) is 36.4 Å². The third-order valence-electron chi connectivity index (χ3n) is 5.54. The molecule has 220 valence electrons. The number of hydrogen-bond donors (Lipinski definition) is 6. The summed E-state index contributed by atoms with van der Waals surface area (Å²) in [7, 11) is 1.42.